The number of rotatable bonds is 6. The van der Waals surface area contributed by atoms with Crippen molar-refractivity contribution in [1.82, 2.24) is 4.90 Å². The predicted molar refractivity (Wildman–Crippen MR) is 107 cm³/mol. The van der Waals surface area contributed by atoms with Crippen molar-refractivity contribution < 1.29 is 4.79 Å². The molecule has 0 spiro atoms. The average Bonchev–Trinajstić information content (AvgIpc) is 2.68. The van der Waals surface area contributed by atoms with Gasteiger partial charge in [0.15, 0.2) is 0 Å². The summed E-state index contributed by atoms with van der Waals surface area (Å²) in [5.74, 6) is 0.525. The van der Waals surface area contributed by atoms with E-state index in [2.05, 4.69) is 50.2 Å². The highest BCUT2D eigenvalue weighted by Gasteiger charge is 2.17. The zero-order valence-corrected chi connectivity index (χ0v) is 15.4. The maximum atomic E-state index is 13.2. The largest absolute Gasteiger partial charge is 0.330 e. The first-order valence-electron chi connectivity index (χ1n) is 9.10. The van der Waals surface area contributed by atoms with Crippen molar-refractivity contribution in [2.75, 3.05) is 0 Å². The Morgan fingerprint density at radius 2 is 1.19 bits per heavy atom. The van der Waals surface area contributed by atoms with Gasteiger partial charge in [-0.05, 0) is 34.7 Å². The summed E-state index contributed by atoms with van der Waals surface area (Å²) in [7, 11) is 0. The number of benzene rings is 3. The zero-order valence-electron chi connectivity index (χ0n) is 15.4. The van der Waals surface area contributed by atoms with Gasteiger partial charge in [0.2, 0.25) is 0 Å². The molecule has 0 N–H and O–H groups in total. The average molecular weight is 343 g/mol. The Bertz CT molecular complexity index is 782. The Balaban J connectivity index is 1.84. The summed E-state index contributed by atoms with van der Waals surface area (Å²) < 4.78 is 0. The molecule has 0 aliphatic rings. The minimum atomic E-state index is 0.0630. The molecular formula is C24H25NO. The van der Waals surface area contributed by atoms with Gasteiger partial charge in [-0.2, -0.15) is 0 Å². The second-order valence-corrected chi connectivity index (χ2v) is 6.91. The quantitative estimate of drug-likeness (QED) is 0.566. The van der Waals surface area contributed by atoms with E-state index in [9.17, 15) is 4.79 Å². The third-order valence-corrected chi connectivity index (χ3v) is 4.54. The van der Waals surface area contributed by atoms with Crippen LogP contribution in [0, 0.1) is 0 Å². The van der Waals surface area contributed by atoms with Crippen molar-refractivity contribution >= 4 is 5.91 Å². The molecule has 0 aliphatic heterocycles. The molecule has 3 aromatic carbocycles. The Morgan fingerprint density at radius 1 is 0.731 bits per heavy atom. The van der Waals surface area contributed by atoms with Crippen LogP contribution in [0.2, 0.25) is 0 Å². The molecular weight excluding hydrogens is 318 g/mol. The lowest BCUT2D eigenvalue weighted by atomic mass is 10.0. The van der Waals surface area contributed by atoms with E-state index in [1.165, 1.54) is 5.56 Å². The van der Waals surface area contributed by atoms with Gasteiger partial charge in [0.1, 0.15) is 0 Å². The Labute approximate surface area is 156 Å². The number of carbonyl (C=O) groups is 1. The highest BCUT2D eigenvalue weighted by Crippen LogP contribution is 2.18. The molecule has 0 atom stereocenters. The smallest absolute Gasteiger partial charge is 0.254 e. The van der Waals surface area contributed by atoms with E-state index in [-0.39, 0.29) is 5.91 Å². The van der Waals surface area contributed by atoms with Crippen LogP contribution in [0.1, 0.15) is 46.8 Å². The predicted octanol–water partition coefficient (Wildman–Crippen LogP) is 5.65. The third-order valence-electron chi connectivity index (χ3n) is 4.54. The summed E-state index contributed by atoms with van der Waals surface area (Å²) in [5.41, 5.74) is 4.26. The van der Waals surface area contributed by atoms with Crippen LogP contribution in [0.5, 0.6) is 0 Å². The fraction of sp³-hybridized carbons (Fsp3) is 0.208. The first-order chi connectivity index (χ1) is 12.6. The van der Waals surface area contributed by atoms with Gasteiger partial charge in [-0.25, -0.2) is 0 Å². The Hall–Kier alpha value is -2.87. The van der Waals surface area contributed by atoms with E-state index in [0.717, 1.165) is 16.7 Å². The standard InChI is InChI=1S/C24H25NO/c1-19(2)22-13-15-23(16-14-22)24(26)25(17-20-9-5-3-6-10-20)18-21-11-7-4-8-12-21/h3-16,19H,17-18H2,1-2H3. The molecule has 0 saturated heterocycles. The van der Waals surface area contributed by atoms with E-state index in [0.29, 0.717) is 19.0 Å². The normalized spacial score (nSPS) is 10.7. The van der Waals surface area contributed by atoms with Crippen LogP contribution in [-0.4, -0.2) is 10.8 Å². The molecule has 26 heavy (non-hydrogen) atoms. The molecule has 3 rings (SSSR count). The van der Waals surface area contributed by atoms with E-state index in [1.54, 1.807) is 0 Å². The second-order valence-electron chi connectivity index (χ2n) is 6.91. The molecule has 0 radical (unpaired) electrons. The van der Waals surface area contributed by atoms with Gasteiger partial charge in [-0.15, -0.1) is 0 Å². The summed E-state index contributed by atoms with van der Waals surface area (Å²) in [5, 5.41) is 0. The molecule has 2 heteroatoms. The van der Waals surface area contributed by atoms with Crippen molar-refractivity contribution in [2.24, 2.45) is 0 Å². The summed E-state index contributed by atoms with van der Waals surface area (Å²) in [6, 6.07) is 28.3. The first-order valence-corrected chi connectivity index (χ1v) is 9.10. The summed E-state index contributed by atoms with van der Waals surface area (Å²) in [4.78, 5) is 15.1. The van der Waals surface area contributed by atoms with Crippen LogP contribution in [0.3, 0.4) is 0 Å². The maximum absolute atomic E-state index is 13.2. The van der Waals surface area contributed by atoms with Crippen molar-refractivity contribution in [1.29, 1.82) is 0 Å². The number of hydrogen-bond donors (Lipinski definition) is 0. The number of carbonyl (C=O) groups excluding carboxylic acids is 1. The van der Waals surface area contributed by atoms with Gasteiger partial charge in [0.25, 0.3) is 5.91 Å². The van der Waals surface area contributed by atoms with Gasteiger partial charge in [0, 0.05) is 18.7 Å². The summed E-state index contributed by atoms with van der Waals surface area (Å²) in [6.45, 7) is 5.52. The highest BCUT2D eigenvalue weighted by molar-refractivity contribution is 5.94. The van der Waals surface area contributed by atoms with Gasteiger partial charge in [0.05, 0.1) is 0 Å². The number of amides is 1. The van der Waals surface area contributed by atoms with E-state index in [4.69, 9.17) is 0 Å². The van der Waals surface area contributed by atoms with E-state index in [1.807, 2.05) is 53.4 Å². The zero-order chi connectivity index (χ0) is 18.4. The molecule has 0 heterocycles. The summed E-state index contributed by atoms with van der Waals surface area (Å²) >= 11 is 0. The molecule has 0 aromatic heterocycles. The Morgan fingerprint density at radius 3 is 1.62 bits per heavy atom. The highest BCUT2D eigenvalue weighted by atomic mass is 16.2. The van der Waals surface area contributed by atoms with Crippen molar-refractivity contribution in [3.8, 4) is 0 Å². The molecule has 3 aromatic rings. The minimum Gasteiger partial charge on any atom is -0.330 e. The molecule has 0 aliphatic carbocycles. The number of nitrogens with zero attached hydrogens (tertiary/aromatic N) is 1. The lowest BCUT2D eigenvalue weighted by molar-refractivity contribution is 0.0730. The molecule has 2 nitrogen and oxygen atoms in total. The van der Waals surface area contributed by atoms with E-state index >= 15 is 0 Å². The number of hydrogen-bond acceptors (Lipinski definition) is 1. The van der Waals surface area contributed by atoms with Crippen LogP contribution in [0.25, 0.3) is 0 Å². The lowest BCUT2D eigenvalue weighted by Crippen LogP contribution is -2.30. The van der Waals surface area contributed by atoms with Crippen LogP contribution < -0.4 is 0 Å². The fourth-order valence-electron chi connectivity index (χ4n) is 3.00. The van der Waals surface area contributed by atoms with Crippen molar-refractivity contribution in [2.45, 2.75) is 32.9 Å². The second kappa shape index (κ2) is 8.48. The lowest BCUT2D eigenvalue weighted by Gasteiger charge is -2.23. The van der Waals surface area contributed by atoms with Crippen LogP contribution in [-0.2, 0) is 13.1 Å². The first kappa shape index (κ1) is 17.9. The van der Waals surface area contributed by atoms with Crippen LogP contribution >= 0.6 is 0 Å². The van der Waals surface area contributed by atoms with Gasteiger partial charge in [-0.3, -0.25) is 4.79 Å². The molecule has 132 valence electrons. The fourth-order valence-corrected chi connectivity index (χ4v) is 3.00. The van der Waals surface area contributed by atoms with Gasteiger partial charge in [-0.1, -0.05) is 86.6 Å². The third kappa shape index (κ3) is 4.60. The molecule has 0 saturated carbocycles. The van der Waals surface area contributed by atoms with E-state index < -0.39 is 0 Å². The SMILES string of the molecule is CC(C)c1ccc(C(=O)N(Cc2ccccc2)Cc2ccccc2)cc1. The molecule has 1 amide bonds. The van der Waals surface area contributed by atoms with Crippen LogP contribution in [0.4, 0.5) is 0 Å². The summed E-state index contributed by atoms with van der Waals surface area (Å²) in [6.07, 6.45) is 0. The minimum absolute atomic E-state index is 0.0630. The topological polar surface area (TPSA) is 20.3 Å². The molecule has 0 fully saturated rings. The molecule has 0 bridgehead atoms. The van der Waals surface area contributed by atoms with Gasteiger partial charge < -0.3 is 4.90 Å². The van der Waals surface area contributed by atoms with Crippen LogP contribution in [0.15, 0.2) is 84.9 Å². The monoisotopic (exact) mass is 343 g/mol. The Kier molecular flexibility index (Phi) is 5.85. The van der Waals surface area contributed by atoms with Gasteiger partial charge >= 0.3 is 0 Å². The van der Waals surface area contributed by atoms with Crippen molar-refractivity contribution in [3.05, 3.63) is 107 Å². The van der Waals surface area contributed by atoms with Crippen molar-refractivity contribution in [3.63, 3.8) is 0 Å². The molecule has 0 unspecified atom stereocenters. The maximum Gasteiger partial charge on any atom is 0.254 e.